The average Bonchev–Trinajstić information content (AvgIpc) is 2.53. The van der Waals surface area contributed by atoms with Crippen LogP contribution in [-0.2, 0) is 6.42 Å². The first kappa shape index (κ1) is 9.59. The van der Waals surface area contributed by atoms with Crippen LogP contribution in [0.15, 0.2) is 6.20 Å². The SMILES string of the molecule is CC1CC(CBr)(Cc2cnns2)C1. The first-order valence-corrected chi connectivity index (χ1v) is 6.46. The molecule has 1 aromatic rings. The number of halogens is 1. The minimum absolute atomic E-state index is 0.508. The Labute approximate surface area is 91.0 Å². The lowest BCUT2D eigenvalue weighted by molar-refractivity contribution is 0.0964. The van der Waals surface area contributed by atoms with Gasteiger partial charge in [-0.1, -0.05) is 27.3 Å². The Morgan fingerprint density at radius 2 is 2.46 bits per heavy atom. The van der Waals surface area contributed by atoms with Crippen molar-refractivity contribution in [1.29, 1.82) is 0 Å². The van der Waals surface area contributed by atoms with E-state index in [2.05, 4.69) is 32.4 Å². The molecule has 1 aromatic heterocycles. The van der Waals surface area contributed by atoms with E-state index in [1.807, 2.05) is 6.20 Å². The quantitative estimate of drug-likeness (QED) is 0.782. The first-order valence-electron chi connectivity index (χ1n) is 4.56. The van der Waals surface area contributed by atoms with E-state index in [-0.39, 0.29) is 0 Å². The Kier molecular flexibility index (Phi) is 2.70. The lowest BCUT2D eigenvalue weighted by Crippen LogP contribution is -2.39. The average molecular weight is 261 g/mol. The highest BCUT2D eigenvalue weighted by atomic mass is 79.9. The van der Waals surface area contributed by atoms with Crippen LogP contribution in [0.25, 0.3) is 0 Å². The molecule has 0 amide bonds. The number of alkyl halides is 1. The highest BCUT2D eigenvalue weighted by Crippen LogP contribution is 2.49. The molecule has 1 aliphatic carbocycles. The van der Waals surface area contributed by atoms with Crippen LogP contribution in [-0.4, -0.2) is 14.9 Å². The fourth-order valence-electron chi connectivity index (χ4n) is 2.35. The van der Waals surface area contributed by atoms with Gasteiger partial charge in [0.2, 0.25) is 0 Å². The third-order valence-electron chi connectivity index (χ3n) is 2.80. The van der Waals surface area contributed by atoms with E-state index in [9.17, 15) is 0 Å². The van der Waals surface area contributed by atoms with Gasteiger partial charge in [0.15, 0.2) is 0 Å². The normalized spacial score (nSPS) is 32.9. The Balaban J connectivity index is 2.00. The molecule has 1 saturated carbocycles. The molecule has 0 unspecified atom stereocenters. The molecule has 0 spiro atoms. The van der Waals surface area contributed by atoms with Crippen LogP contribution in [0.1, 0.15) is 24.6 Å². The van der Waals surface area contributed by atoms with E-state index in [1.54, 1.807) is 0 Å². The van der Waals surface area contributed by atoms with Crippen molar-refractivity contribution >= 4 is 27.5 Å². The van der Waals surface area contributed by atoms with Gasteiger partial charge in [0, 0.05) is 10.2 Å². The molecule has 0 radical (unpaired) electrons. The summed E-state index contributed by atoms with van der Waals surface area (Å²) in [5.41, 5.74) is 0.508. The second kappa shape index (κ2) is 3.65. The molecule has 1 aliphatic rings. The summed E-state index contributed by atoms with van der Waals surface area (Å²) in [7, 11) is 0. The summed E-state index contributed by atoms with van der Waals surface area (Å²) in [6.45, 7) is 2.33. The molecule has 72 valence electrons. The lowest BCUT2D eigenvalue weighted by Gasteiger charge is -2.45. The number of aromatic nitrogens is 2. The van der Waals surface area contributed by atoms with Crippen LogP contribution in [0.2, 0.25) is 0 Å². The fraction of sp³-hybridized carbons (Fsp3) is 0.778. The van der Waals surface area contributed by atoms with Crippen molar-refractivity contribution in [2.45, 2.75) is 26.2 Å². The summed E-state index contributed by atoms with van der Waals surface area (Å²) >= 11 is 5.15. The van der Waals surface area contributed by atoms with Crippen molar-refractivity contribution in [3.8, 4) is 0 Å². The lowest BCUT2D eigenvalue weighted by atomic mass is 9.62. The fourth-order valence-corrected chi connectivity index (χ4v) is 3.67. The van der Waals surface area contributed by atoms with Crippen molar-refractivity contribution in [3.63, 3.8) is 0 Å². The Morgan fingerprint density at radius 1 is 1.69 bits per heavy atom. The third kappa shape index (κ3) is 1.94. The second-order valence-corrected chi connectivity index (χ2v) is 5.64. The molecule has 2 rings (SSSR count). The van der Waals surface area contributed by atoms with Gasteiger partial charge >= 0.3 is 0 Å². The van der Waals surface area contributed by atoms with Gasteiger partial charge in [-0.15, -0.1) is 5.10 Å². The van der Waals surface area contributed by atoms with Crippen LogP contribution in [0.4, 0.5) is 0 Å². The summed E-state index contributed by atoms with van der Waals surface area (Å²) in [4.78, 5) is 1.33. The van der Waals surface area contributed by atoms with E-state index in [4.69, 9.17) is 0 Å². The molecule has 0 bridgehead atoms. The highest BCUT2D eigenvalue weighted by Gasteiger charge is 2.41. The second-order valence-electron chi connectivity index (χ2n) is 4.21. The van der Waals surface area contributed by atoms with Crippen molar-refractivity contribution in [2.75, 3.05) is 5.33 Å². The molecule has 0 N–H and O–H groups in total. The van der Waals surface area contributed by atoms with Gasteiger partial charge in [0.25, 0.3) is 0 Å². The van der Waals surface area contributed by atoms with Crippen LogP contribution >= 0.6 is 27.5 Å². The van der Waals surface area contributed by atoms with Gasteiger partial charge in [0.1, 0.15) is 0 Å². The van der Waals surface area contributed by atoms with E-state index in [1.165, 1.54) is 29.3 Å². The van der Waals surface area contributed by atoms with Gasteiger partial charge in [-0.3, -0.25) is 0 Å². The summed E-state index contributed by atoms with van der Waals surface area (Å²) < 4.78 is 3.89. The molecule has 13 heavy (non-hydrogen) atoms. The maximum absolute atomic E-state index is 3.89. The van der Waals surface area contributed by atoms with Gasteiger partial charge in [-0.05, 0) is 42.1 Å². The third-order valence-corrected chi connectivity index (χ3v) is 4.65. The molecular weight excluding hydrogens is 248 g/mol. The summed E-state index contributed by atoms with van der Waals surface area (Å²) in [6, 6.07) is 0. The Bertz CT molecular complexity index is 267. The molecule has 1 heterocycles. The smallest absolute Gasteiger partial charge is 0.0653 e. The van der Waals surface area contributed by atoms with Crippen LogP contribution in [0.5, 0.6) is 0 Å². The number of rotatable bonds is 3. The minimum Gasteiger partial charge on any atom is -0.146 e. The summed E-state index contributed by atoms with van der Waals surface area (Å²) in [6.07, 6.45) is 5.74. The summed E-state index contributed by atoms with van der Waals surface area (Å²) in [5.74, 6) is 0.901. The topological polar surface area (TPSA) is 25.8 Å². The Hall–Kier alpha value is 0.0400. The Morgan fingerprint density at radius 3 is 2.92 bits per heavy atom. The monoisotopic (exact) mass is 260 g/mol. The van der Waals surface area contributed by atoms with Crippen LogP contribution < -0.4 is 0 Å². The maximum Gasteiger partial charge on any atom is 0.0653 e. The minimum atomic E-state index is 0.508. The van der Waals surface area contributed by atoms with Gasteiger partial charge in [0.05, 0.1) is 6.20 Å². The molecule has 0 atom stereocenters. The zero-order chi connectivity index (χ0) is 9.31. The molecule has 0 saturated heterocycles. The van der Waals surface area contributed by atoms with E-state index >= 15 is 0 Å². The molecular formula is C9H13BrN2S. The van der Waals surface area contributed by atoms with Gasteiger partial charge in [-0.25, -0.2) is 0 Å². The molecule has 0 aromatic carbocycles. The van der Waals surface area contributed by atoms with E-state index in [0.717, 1.165) is 17.7 Å². The number of hydrogen-bond donors (Lipinski definition) is 0. The van der Waals surface area contributed by atoms with Crippen LogP contribution in [0.3, 0.4) is 0 Å². The molecule has 4 heteroatoms. The van der Waals surface area contributed by atoms with E-state index in [0.29, 0.717) is 5.41 Å². The zero-order valence-corrected chi connectivity index (χ0v) is 10.1. The summed E-state index contributed by atoms with van der Waals surface area (Å²) in [5, 5.41) is 4.98. The van der Waals surface area contributed by atoms with Crippen molar-refractivity contribution in [2.24, 2.45) is 11.3 Å². The molecule has 2 nitrogen and oxygen atoms in total. The molecule has 1 fully saturated rings. The zero-order valence-electron chi connectivity index (χ0n) is 7.66. The first-order chi connectivity index (χ1) is 6.24. The maximum atomic E-state index is 3.89. The predicted octanol–water partition coefficient (Wildman–Crippen LogP) is 2.89. The van der Waals surface area contributed by atoms with E-state index < -0.39 is 0 Å². The van der Waals surface area contributed by atoms with Gasteiger partial charge in [-0.2, -0.15) is 0 Å². The highest BCUT2D eigenvalue weighted by molar-refractivity contribution is 9.09. The largest absolute Gasteiger partial charge is 0.146 e. The van der Waals surface area contributed by atoms with Crippen molar-refractivity contribution < 1.29 is 0 Å². The van der Waals surface area contributed by atoms with Crippen molar-refractivity contribution in [1.82, 2.24) is 9.59 Å². The predicted molar refractivity (Wildman–Crippen MR) is 58.2 cm³/mol. The number of nitrogens with zero attached hydrogens (tertiary/aromatic N) is 2. The van der Waals surface area contributed by atoms with Crippen LogP contribution in [0, 0.1) is 11.3 Å². The van der Waals surface area contributed by atoms with Crippen molar-refractivity contribution in [3.05, 3.63) is 11.1 Å². The number of hydrogen-bond acceptors (Lipinski definition) is 3. The molecule has 0 aliphatic heterocycles. The standard InChI is InChI=1S/C9H13BrN2S/c1-7-2-9(3-7,6-10)4-8-5-11-12-13-8/h5,7H,2-4,6H2,1H3. The van der Waals surface area contributed by atoms with Gasteiger partial charge < -0.3 is 0 Å².